The van der Waals surface area contributed by atoms with Crippen LogP contribution in [0.25, 0.3) is 5.70 Å². The first-order chi connectivity index (χ1) is 8.85. The van der Waals surface area contributed by atoms with Gasteiger partial charge in [-0.2, -0.15) is 0 Å². The van der Waals surface area contributed by atoms with Gasteiger partial charge >= 0.3 is 11.9 Å². The van der Waals surface area contributed by atoms with Gasteiger partial charge in [0.15, 0.2) is 0 Å². The third-order valence-electron chi connectivity index (χ3n) is 3.44. The molecule has 1 aliphatic rings. The van der Waals surface area contributed by atoms with E-state index >= 15 is 0 Å². The Morgan fingerprint density at radius 2 is 1.63 bits per heavy atom. The van der Waals surface area contributed by atoms with Crippen molar-refractivity contribution in [2.24, 2.45) is 22.6 Å². The molecule has 0 heterocycles. The highest BCUT2D eigenvalue weighted by molar-refractivity contribution is 6.05. The van der Waals surface area contributed by atoms with E-state index in [1.165, 1.54) is 0 Å². The minimum atomic E-state index is -2.45. The Balaban J connectivity index is 2.85. The Morgan fingerprint density at radius 3 is 2.16 bits per heavy atom. The molecule has 7 nitrogen and oxygen atoms in total. The fraction of sp³-hybridized carbons (Fsp3) is 0.167. The number of fused-ring (bicyclic) bond motifs is 1. The van der Waals surface area contributed by atoms with E-state index in [4.69, 9.17) is 17.2 Å². The smallest absolute Gasteiger partial charge is 0.329 e. The third-order valence-corrected chi connectivity index (χ3v) is 3.44. The molecule has 19 heavy (non-hydrogen) atoms. The van der Waals surface area contributed by atoms with Crippen LogP contribution in [-0.4, -0.2) is 22.2 Å². The first-order valence-electron chi connectivity index (χ1n) is 5.42. The quantitative estimate of drug-likeness (QED) is 0.448. The molecule has 0 aliphatic heterocycles. The Hall–Kier alpha value is -2.54. The van der Waals surface area contributed by atoms with Crippen molar-refractivity contribution in [3.05, 3.63) is 41.1 Å². The predicted octanol–water partition coefficient (Wildman–Crippen LogP) is -0.558. The van der Waals surface area contributed by atoms with Crippen LogP contribution in [0.5, 0.6) is 0 Å². The summed E-state index contributed by atoms with van der Waals surface area (Å²) in [5.74, 6) is -3.27. The maximum atomic E-state index is 11.5. The van der Waals surface area contributed by atoms with Crippen LogP contribution < -0.4 is 17.2 Å². The van der Waals surface area contributed by atoms with Gasteiger partial charge in [-0.05, 0) is 5.56 Å². The summed E-state index contributed by atoms with van der Waals surface area (Å²) in [7, 11) is 0. The van der Waals surface area contributed by atoms with Crippen LogP contribution in [-0.2, 0) is 9.59 Å². The summed E-state index contributed by atoms with van der Waals surface area (Å²) in [6.07, 6.45) is 0. The second-order valence-electron chi connectivity index (χ2n) is 4.31. The topological polar surface area (TPSA) is 153 Å². The molecule has 0 fully saturated rings. The molecule has 1 aromatic carbocycles. The van der Waals surface area contributed by atoms with E-state index in [-0.39, 0.29) is 5.70 Å². The Bertz CT molecular complexity index is 595. The molecule has 0 aromatic heterocycles. The van der Waals surface area contributed by atoms with Crippen LogP contribution in [0.1, 0.15) is 17.2 Å². The highest BCUT2D eigenvalue weighted by Gasteiger charge is 2.58. The summed E-state index contributed by atoms with van der Waals surface area (Å²) in [6, 6.07) is 5.15. The Labute approximate surface area is 108 Å². The normalized spacial score (nSPS) is 20.8. The maximum Gasteiger partial charge on any atom is 0.329 e. The first kappa shape index (κ1) is 12.9. The molecule has 0 saturated carbocycles. The van der Waals surface area contributed by atoms with E-state index < -0.39 is 29.1 Å². The van der Waals surface area contributed by atoms with Crippen molar-refractivity contribution in [1.82, 2.24) is 0 Å². The molecule has 8 N–H and O–H groups in total. The van der Waals surface area contributed by atoms with E-state index in [0.29, 0.717) is 11.1 Å². The van der Waals surface area contributed by atoms with E-state index in [1.54, 1.807) is 24.3 Å². The minimum absolute atomic E-state index is 0.0675. The third kappa shape index (κ3) is 1.42. The highest BCUT2D eigenvalue weighted by atomic mass is 16.4. The SMILES string of the molecule is NC1=C(N)C(C(=O)O)(C(=O)O)C(N)c2ccccc21. The van der Waals surface area contributed by atoms with E-state index in [0.717, 1.165) is 0 Å². The van der Waals surface area contributed by atoms with Gasteiger partial charge in [0.1, 0.15) is 0 Å². The van der Waals surface area contributed by atoms with Crippen molar-refractivity contribution in [2.45, 2.75) is 6.04 Å². The molecule has 0 bridgehead atoms. The van der Waals surface area contributed by atoms with Gasteiger partial charge in [-0.3, -0.25) is 9.59 Å². The largest absolute Gasteiger partial charge is 0.480 e. The fourth-order valence-electron chi connectivity index (χ4n) is 2.36. The van der Waals surface area contributed by atoms with Crippen LogP contribution in [0, 0.1) is 5.41 Å². The van der Waals surface area contributed by atoms with Crippen LogP contribution in [0.4, 0.5) is 0 Å². The van der Waals surface area contributed by atoms with Gasteiger partial charge in [-0.1, -0.05) is 24.3 Å². The predicted molar refractivity (Wildman–Crippen MR) is 66.4 cm³/mol. The Kier molecular flexibility index (Phi) is 2.71. The van der Waals surface area contributed by atoms with E-state index in [9.17, 15) is 19.8 Å². The first-order valence-corrected chi connectivity index (χ1v) is 5.42. The van der Waals surface area contributed by atoms with Crippen molar-refractivity contribution in [3.63, 3.8) is 0 Å². The van der Waals surface area contributed by atoms with Crippen LogP contribution in [0.3, 0.4) is 0 Å². The fourth-order valence-corrected chi connectivity index (χ4v) is 2.36. The molecule has 1 unspecified atom stereocenters. The summed E-state index contributed by atoms with van der Waals surface area (Å²) in [4.78, 5) is 22.9. The van der Waals surface area contributed by atoms with Gasteiger partial charge in [-0.15, -0.1) is 0 Å². The standard InChI is InChI=1S/C12H13N3O4/c13-7-5-3-1-2-4-6(5)8(14)12(9(7)15,10(16)17)11(18)19/h1-4,8H,13-15H2,(H,16,17)(H,18,19). The van der Waals surface area contributed by atoms with E-state index in [2.05, 4.69) is 0 Å². The molecule has 0 saturated heterocycles. The number of nitrogens with two attached hydrogens (primary N) is 3. The molecule has 7 heteroatoms. The lowest BCUT2D eigenvalue weighted by molar-refractivity contribution is -0.163. The number of carbonyl (C=O) groups is 2. The van der Waals surface area contributed by atoms with Gasteiger partial charge in [0.05, 0.1) is 17.4 Å². The lowest BCUT2D eigenvalue weighted by atomic mass is 9.69. The summed E-state index contributed by atoms with van der Waals surface area (Å²) in [6.45, 7) is 0. The average Bonchev–Trinajstić information content (AvgIpc) is 2.36. The second-order valence-corrected chi connectivity index (χ2v) is 4.31. The lowest BCUT2D eigenvalue weighted by Gasteiger charge is -2.37. The molecule has 100 valence electrons. The molecule has 1 aliphatic carbocycles. The highest BCUT2D eigenvalue weighted by Crippen LogP contribution is 2.45. The number of benzene rings is 1. The monoisotopic (exact) mass is 263 g/mol. The zero-order valence-electron chi connectivity index (χ0n) is 9.83. The van der Waals surface area contributed by atoms with Gasteiger partial charge < -0.3 is 27.4 Å². The summed E-state index contributed by atoms with van der Waals surface area (Å²) >= 11 is 0. The van der Waals surface area contributed by atoms with Crippen molar-refractivity contribution < 1.29 is 19.8 Å². The zero-order valence-corrected chi connectivity index (χ0v) is 9.83. The van der Waals surface area contributed by atoms with Crippen LogP contribution in [0.2, 0.25) is 0 Å². The molecule has 0 amide bonds. The van der Waals surface area contributed by atoms with Gasteiger partial charge in [0, 0.05) is 5.56 Å². The maximum absolute atomic E-state index is 11.5. The summed E-state index contributed by atoms with van der Waals surface area (Å²) in [5, 5.41) is 18.6. The van der Waals surface area contributed by atoms with Gasteiger partial charge in [0.2, 0.25) is 5.41 Å². The van der Waals surface area contributed by atoms with Crippen molar-refractivity contribution in [2.75, 3.05) is 0 Å². The average molecular weight is 263 g/mol. The number of carboxylic acid groups (broad SMARTS) is 2. The zero-order chi connectivity index (χ0) is 14.4. The van der Waals surface area contributed by atoms with Crippen molar-refractivity contribution >= 4 is 17.6 Å². The molecule has 2 rings (SSSR count). The number of aliphatic carboxylic acids is 2. The minimum Gasteiger partial charge on any atom is -0.480 e. The number of hydrogen-bond donors (Lipinski definition) is 5. The Morgan fingerprint density at radius 1 is 1.11 bits per heavy atom. The number of carboxylic acids is 2. The summed E-state index contributed by atoms with van der Waals surface area (Å²) < 4.78 is 0. The molecular formula is C12H13N3O4. The van der Waals surface area contributed by atoms with Crippen molar-refractivity contribution in [3.8, 4) is 0 Å². The number of rotatable bonds is 2. The molecular weight excluding hydrogens is 250 g/mol. The molecule has 0 radical (unpaired) electrons. The number of hydrogen-bond acceptors (Lipinski definition) is 5. The second kappa shape index (κ2) is 3.99. The van der Waals surface area contributed by atoms with Gasteiger partial charge in [0.25, 0.3) is 0 Å². The van der Waals surface area contributed by atoms with Crippen LogP contribution >= 0.6 is 0 Å². The molecule has 1 aromatic rings. The van der Waals surface area contributed by atoms with Crippen LogP contribution in [0.15, 0.2) is 30.0 Å². The van der Waals surface area contributed by atoms with Crippen molar-refractivity contribution in [1.29, 1.82) is 0 Å². The van der Waals surface area contributed by atoms with E-state index in [1.807, 2.05) is 0 Å². The van der Waals surface area contributed by atoms with Gasteiger partial charge in [-0.25, -0.2) is 0 Å². The summed E-state index contributed by atoms with van der Waals surface area (Å²) in [5.41, 5.74) is 15.2. The molecule has 0 spiro atoms. The molecule has 1 atom stereocenters. The lowest BCUT2D eigenvalue weighted by Crippen LogP contribution is -2.54.